The first-order valence-corrected chi connectivity index (χ1v) is 8.06. The van der Waals surface area contributed by atoms with Gasteiger partial charge in [0.2, 0.25) is 0 Å². The second kappa shape index (κ2) is 12.9. The fraction of sp³-hybridized carbons (Fsp3) is 1.00. The van der Waals surface area contributed by atoms with Crippen molar-refractivity contribution in [2.75, 3.05) is 59.5 Å². The van der Waals surface area contributed by atoms with Gasteiger partial charge in [-0.25, -0.2) is 0 Å². The van der Waals surface area contributed by atoms with Crippen LogP contribution in [-0.4, -0.2) is 75.4 Å². The molecule has 0 amide bonds. The van der Waals surface area contributed by atoms with E-state index in [1.54, 1.807) is 0 Å². The molecule has 2 aliphatic heterocycles. The number of nitrogens with one attached hydrogen (secondary N) is 1. The zero-order valence-electron chi connectivity index (χ0n) is 13.7. The molecule has 0 spiro atoms. The summed E-state index contributed by atoms with van der Waals surface area (Å²) in [5, 5.41) is 3.38. The monoisotopic (exact) mass is 273 g/mol. The molecule has 0 saturated carbocycles. The van der Waals surface area contributed by atoms with Crippen LogP contribution in [-0.2, 0) is 4.74 Å². The molecule has 0 aromatic carbocycles. The summed E-state index contributed by atoms with van der Waals surface area (Å²) in [6.07, 6.45) is 1.81. The highest BCUT2D eigenvalue weighted by Crippen LogP contribution is 2.10. The first-order chi connectivity index (χ1) is 9.38. The van der Waals surface area contributed by atoms with E-state index >= 15 is 0 Å². The minimum atomic E-state index is 0.504. The summed E-state index contributed by atoms with van der Waals surface area (Å²) in [5.74, 6) is 0. The largest absolute Gasteiger partial charge is 0.379 e. The molecule has 116 valence electrons. The summed E-state index contributed by atoms with van der Waals surface area (Å²) >= 11 is 0. The molecule has 0 atom stereocenters. The minimum Gasteiger partial charge on any atom is -0.379 e. The molecule has 1 N–H and O–H groups in total. The molecule has 2 rings (SSSR count). The van der Waals surface area contributed by atoms with Gasteiger partial charge in [0.25, 0.3) is 0 Å². The Hall–Kier alpha value is -0.160. The number of ether oxygens (including phenoxy) is 1. The Bertz CT molecular complexity index is 178. The lowest BCUT2D eigenvalue weighted by molar-refractivity contribution is -0.0303. The van der Waals surface area contributed by atoms with Crippen LogP contribution in [0.15, 0.2) is 0 Å². The quantitative estimate of drug-likeness (QED) is 0.824. The van der Waals surface area contributed by atoms with Crippen molar-refractivity contribution >= 4 is 0 Å². The van der Waals surface area contributed by atoms with Gasteiger partial charge in [-0.15, -0.1) is 0 Å². The Morgan fingerprint density at radius 1 is 0.947 bits per heavy atom. The predicted octanol–water partition coefficient (Wildman–Crippen LogP) is 1.66. The molecule has 4 nitrogen and oxygen atoms in total. The average molecular weight is 273 g/mol. The van der Waals surface area contributed by atoms with Crippen LogP contribution < -0.4 is 5.32 Å². The van der Waals surface area contributed by atoms with E-state index in [1.165, 1.54) is 32.6 Å². The van der Waals surface area contributed by atoms with Crippen LogP contribution >= 0.6 is 0 Å². The summed E-state index contributed by atoms with van der Waals surface area (Å²) in [5.41, 5.74) is 0. The highest BCUT2D eigenvalue weighted by atomic mass is 16.5. The van der Waals surface area contributed by atoms with Gasteiger partial charge < -0.3 is 15.0 Å². The van der Waals surface area contributed by atoms with E-state index in [9.17, 15) is 0 Å². The van der Waals surface area contributed by atoms with Gasteiger partial charge >= 0.3 is 0 Å². The van der Waals surface area contributed by atoms with Crippen molar-refractivity contribution in [3.8, 4) is 0 Å². The third kappa shape index (κ3) is 7.88. The summed E-state index contributed by atoms with van der Waals surface area (Å²) in [6.45, 7) is 17.5. The molecule has 4 heteroatoms. The van der Waals surface area contributed by atoms with Gasteiger partial charge in [0.05, 0.1) is 6.10 Å². The van der Waals surface area contributed by atoms with E-state index in [0.29, 0.717) is 6.10 Å². The molecule has 2 heterocycles. The molecule has 0 bridgehead atoms. The highest BCUT2D eigenvalue weighted by molar-refractivity contribution is 4.80. The number of rotatable bonds is 5. The normalized spacial score (nSPS) is 20.7. The maximum absolute atomic E-state index is 5.25. The van der Waals surface area contributed by atoms with Crippen molar-refractivity contribution < 1.29 is 4.74 Å². The van der Waals surface area contributed by atoms with Gasteiger partial charge in [-0.2, -0.15) is 0 Å². The topological polar surface area (TPSA) is 27.7 Å². The maximum Gasteiger partial charge on any atom is 0.0824 e. The van der Waals surface area contributed by atoms with Crippen molar-refractivity contribution in [2.45, 2.75) is 40.2 Å². The smallest absolute Gasteiger partial charge is 0.0824 e. The molecular weight excluding hydrogens is 238 g/mol. The Balaban J connectivity index is 0.000000741. The summed E-state index contributed by atoms with van der Waals surface area (Å²) < 4.78 is 5.25. The number of hydrogen-bond donors (Lipinski definition) is 1. The molecular formula is C15H35N3O. The van der Waals surface area contributed by atoms with Gasteiger partial charge in [0.15, 0.2) is 0 Å². The summed E-state index contributed by atoms with van der Waals surface area (Å²) in [7, 11) is 1.81. The second-order valence-electron chi connectivity index (χ2n) is 4.56. The highest BCUT2D eigenvalue weighted by Gasteiger charge is 2.25. The Morgan fingerprint density at radius 2 is 1.47 bits per heavy atom. The lowest BCUT2D eigenvalue weighted by Gasteiger charge is -2.38. The van der Waals surface area contributed by atoms with Gasteiger partial charge in [-0.1, -0.05) is 27.7 Å². The molecule has 2 fully saturated rings. The van der Waals surface area contributed by atoms with E-state index in [1.807, 2.05) is 34.8 Å². The number of nitrogens with zero attached hydrogens (tertiary/aromatic N) is 2. The van der Waals surface area contributed by atoms with Crippen LogP contribution in [0.4, 0.5) is 0 Å². The molecule has 0 aromatic rings. The van der Waals surface area contributed by atoms with Gasteiger partial charge in [0.1, 0.15) is 0 Å². The number of piperazine rings is 1. The summed E-state index contributed by atoms with van der Waals surface area (Å²) in [4.78, 5) is 5.04. The fourth-order valence-electron chi connectivity index (χ4n) is 2.31. The maximum atomic E-state index is 5.25. The molecule has 2 saturated heterocycles. The molecule has 0 radical (unpaired) electrons. The number of methoxy groups -OCH3 is 1. The fourth-order valence-corrected chi connectivity index (χ4v) is 2.31. The Morgan fingerprint density at radius 3 is 2.00 bits per heavy atom. The van der Waals surface area contributed by atoms with Crippen LogP contribution in [0.2, 0.25) is 0 Å². The standard InChI is InChI=1S/C11H23N3O.2C2H6/c1-15-11-9-14(10-11)6-2-5-13-7-3-12-4-8-13;2*1-2/h11-12H,2-10H2,1H3;2*1-2H3. The minimum absolute atomic E-state index is 0.504. The van der Waals surface area contributed by atoms with E-state index in [-0.39, 0.29) is 0 Å². The first kappa shape index (κ1) is 18.8. The summed E-state index contributed by atoms with van der Waals surface area (Å²) in [6, 6.07) is 0. The molecule has 0 aliphatic carbocycles. The van der Waals surface area contributed by atoms with Crippen molar-refractivity contribution in [3.05, 3.63) is 0 Å². The predicted molar refractivity (Wildman–Crippen MR) is 83.9 cm³/mol. The average Bonchev–Trinajstić information content (AvgIpc) is 2.47. The van der Waals surface area contributed by atoms with Gasteiger partial charge in [-0.05, 0) is 19.5 Å². The van der Waals surface area contributed by atoms with Crippen molar-refractivity contribution in [3.63, 3.8) is 0 Å². The van der Waals surface area contributed by atoms with Crippen molar-refractivity contribution in [1.82, 2.24) is 15.1 Å². The first-order valence-electron chi connectivity index (χ1n) is 8.06. The third-order valence-corrected chi connectivity index (χ3v) is 3.42. The van der Waals surface area contributed by atoms with Crippen molar-refractivity contribution in [2.24, 2.45) is 0 Å². The van der Waals surface area contributed by atoms with Crippen LogP contribution in [0.5, 0.6) is 0 Å². The zero-order valence-corrected chi connectivity index (χ0v) is 13.7. The van der Waals surface area contributed by atoms with Crippen molar-refractivity contribution in [1.29, 1.82) is 0 Å². The van der Waals surface area contributed by atoms with Crippen LogP contribution in [0.1, 0.15) is 34.1 Å². The molecule has 0 unspecified atom stereocenters. The molecule has 2 aliphatic rings. The number of hydrogen-bond acceptors (Lipinski definition) is 4. The van der Waals surface area contributed by atoms with E-state index in [4.69, 9.17) is 4.74 Å². The second-order valence-corrected chi connectivity index (χ2v) is 4.56. The lowest BCUT2D eigenvalue weighted by Crippen LogP contribution is -2.52. The van der Waals surface area contributed by atoms with E-state index in [2.05, 4.69) is 15.1 Å². The van der Waals surface area contributed by atoms with Crippen LogP contribution in [0.3, 0.4) is 0 Å². The molecule has 0 aromatic heterocycles. The third-order valence-electron chi connectivity index (χ3n) is 3.42. The van der Waals surface area contributed by atoms with E-state index in [0.717, 1.165) is 26.2 Å². The SMILES string of the molecule is CC.CC.COC1CN(CCCN2CCNCC2)C1. The van der Waals surface area contributed by atoms with Gasteiger partial charge in [-0.3, -0.25) is 4.90 Å². The Labute approximate surface area is 120 Å². The zero-order chi connectivity index (χ0) is 14.5. The van der Waals surface area contributed by atoms with Crippen LogP contribution in [0, 0.1) is 0 Å². The lowest BCUT2D eigenvalue weighted by atomic mass is 10.1. The van der Waals surface area contributed by atoms with E-state index < -0.39 is 0 Å². The molecule has 19 heavy (non-hydrogen) atoms. The number of likely N-dealkylation sites (tertiary alicyclic amines) is 1. The Kier molecular flexibility index (Phi) is 12.7. The van der Waals surface area contributed by atoms with Crippen LogP contribution in [0.25, 0.3) is 0 Å². The van der Waals surface area contributed by atoms with Gasteiger partial charge in [0, 0.05) is 46.4 Å².